The second-order valence-corrected chi connectivity index (χ2v) is 7.35. The van der Waals surface area contributed by atoms with Gasteiger partial charge in [0.25, 0.3) is 0 Å². The summed E-state index contributed by atoms with van der Waals surface area (Å²) in [6.45, 7) is 8.13. The third-order valence-corrected chi connectivity index (χ3v) is 4.53. The van der Waals surface area contributed by atoms with Crippen molar-refractivity contribution < 1.29 is 14.6 Å². The van der Waals surface area contributed by atoms with Crippen LogP contribution in [0.1, 0.15) is 52.9 Å². The molecule has 1 aliphatic carbocycles. The van der Waals surface area contributed by atoms with E-state index in [1.807, 2.05) is 20.8 Å². The molecular formula is C16H29NO3. The number of carbonyl (C=O) groups is 1. The van der Waals surface area contributed by atoms with Gasteiger partial charge >= 0.3 is 5.97 Å². The highest BCUT2D eigenvalue weighted by Gasteiger charge is 2.36. The molecule has 2 fully saturated rings. The van der Waals surface area contributed by atoms with E-state index in [0.717, 1.165) is 32.4 Å². The maximum atomic E-state index is 12.0. The summed E-state index contributed by atoms with van der Waals surface area (Å²) in [5.74, 6) is 0.774. The molecule has 0 aromatic rings. The van der Waals surface area contributed by atoms with Crippen LogP contribution in [0.3, 0.4) is 0 Å². The van der Waals surface area contributed by atoms with Crippen LogP contribution in [0.25, 0.3) is 0 Å². The molecule has 2 aliphatic rings. The van der Waals surface area contributed by atoms with Crippen molar-refractivity contribution in [2.45, 2.75) is 64.5 Å². The highest BCUT2D eigenvalue weighted by molar-refractivity contribution is 5.73. The Labute approximate surface area is 122 Å². The van der Waals surface area contributed by atoms with Gasteiger partial charge in [0, 0.05) is 12.6 Å². The summed E-state index contributed by atoms with van der Waals surface area (Å²) < 4.78 is 5.48. The fraction of sp³-hybridized carbons (Fsp3) is 0.938. The lowest BCUT2D eigenvalue weighted by Crippen LogP contribution is -2.49. The molecule has 20 heavy (non-hydrogen) atoms. The Morgan fingerprint density at radius 3 is 2.35 bits per heavy atom. The number of piperidine rings is 1. The van der Waals surface area contributed by atoms with Gasteiger partial charge < -0.3 is 14.7 Å². The number of hydrogen-bond donors (Lipinski definition) is 1. The molecule has 0 bridgehead atoms. The minimum Gasteiger partial charge on any atom is -0.460 e. The number of aliphatic hydroxyl groups is 1. The van der Waals surface area contributed by atoms with Crippen LogP contribution in [0.2, 0.25) is 0 Å². The highest BCUT2D eigenvalue weighted by Crippen LogP contribution is 2.36. The zero-order chi connectivity index (χ0) is 14.8. The van der Waals surface area contributed by atoms with Crippen LogP contribution in [0.15, 0.2) is 0 Å². The number of carbonyl (C=O) groups excluding carboxylic acids is 1. The zero-order valence-electron chi connectivity index (χ0n) is 13.1. The van der Waals surface area contributed by atoms with Gasteiger partial charge in [-0.05, 0) is 71.9 Å². The summed E-state index contributed by atoms with van der Waals surface area (Å²) in [4.78, 5) is 14.6. The van der Waals surface area contributed by atoms with Crippen molar-refractivity contribution in [2.24, 2.45) is 11.8 Å². The number of likely N-dealkylation sites (tertiary alicyclic amines) is 1. The molecule has 1 aliphatic heterocycles. The van der Waals surface area contributed by atoms with Crippen molar-refractivity contribution in [1.82, 2.24) is 4.90 Å². The van der Waals surface area contributed by atoms with Gasteiger partial charge in [-0.3, -0.25) is 4.79 Å². The van der Waals surface area contributed by atoms with Crippen molar-refractivity contribution in [1.29, 1.82) is 0 Å². The Kier molecular flexibility index (Phi) is 5.08. The number of esters is 1. The number of ether oxygens (including phenoxy) is 1. The minimum absolute atomic E-state index is 0.0242. The van der Waals surface area contributed by atoms with Gasteiger partial charge in [-0.25, -0.2) is 0 Å². The van der Waals surface area contributed by atoms with Crippen LogP contribution in [0.4, 0.5) is 0 Å². The Morgan fingerprint density at radius 2 is 1.85 bits per heavy atom. The molecule has 1 heterocycles. The van der Waals surface area contributed by atoms with Gasteiger partial charge in [-0.2, -0.15) is 0 Å². The number of hydrogen-bond acceptors (Lipinski definition) is 4. The van der Waals surface area contributed by atoms with E-state index >= 15 is 0 Å². The quantitative estimate of drug-likeness (QED) is 0.804. The van der Waals surface area contributed by atoms with Crippen LogP contribution in [-0.2, 0) is 9.53 Å². The molecule has 0 spiro atoms. The van der Waals surface area contributed by atoms with Crippen LogP contribution >= 0.6 is 0 Å². The molecule has 1 N–H and O–H groups in total. The first kappa shape index (κ1) is 15.8. The summed E-state index contributed by atoms with van der Waals surface area (Å²) in [5.41, 5.74) is -0.375. The molecule has 1 saturated heterocycles. The predicted molar refractivity (Wildman–Crippen MR) is 78.4 cm³/mol. The fourth-order valence-electron chi connectivity index (χ4n) is 3.30. The van der Waals surface area contributed by atoms with Crippen molar-refractivity contribution in [3.8, 4) is 0 Å². The first-order valence-corrected chi connectivity index (χ1v) is 7.97. The van der Waals surface area contributed by atoms with E-state index in [-0.39, 0.29) is 17.5 Å². The van der Waals surface area contributed by atoms with Crippen molar-refractivity contribution in [2.75, 3.05) is 19.7 Å². The molecule has 0 atom stereocenters. The van der Waals surface area contributed by atoms with Crippen molar-refractivity contribution >= 4 is 5.97 Å². The second-order valence-electron chi connectivity index (χ2n) is 7.35. The summed E-state index contributed by atoms with van der Waals surface area (Å²) in [6, 6.07) is 0.686. The third kappa shape index (κ3) is 4.19. The molecule has 0 aromatic carbocycles. The zero-order valence-corrected chi connectivity index (χ0v) is 13.1. The van der Waals surface area contributed by atoms with E-state index in [1.165, 1.54) is 12.8 Å². The predicted octanol–water partition coefficient (Wildman–Crippen LogP) is 2.20. The summed E-state index contributed by atoms with van der Waals surface area (Å²) in [5, 5.41) is 8.92. The maximum Gasteiger partial charge on any atom is 0.309 e. The first-order valence-electron chi connectivity index (χ1n) is 7.97. The van der Waals surface area contributed by atoms with E-state index in [4.69, 9.17) is 9.84 Å². The lowest BCUT2D eigenvalue weighted by Gasteiger charge is -2.45. The van der Waals surface area contributed by atoms with Crippen LogP contribution < -0.4 is 0 Å². The summed E-state index contributed by atoms with van der Waals surface area (Å²) in [6.07, 6.45) is 5.24. The number of aliphatic hydroxyl groups excluding tert-OH is 1. The average Bonchev–Trinajstić information content (AvgIpc) is 2.31. The van der Waals surface area contributed by atoms with Crippen molar-refractivity contribution in [3.63, 3.8) is 0 Å². The normalized spacial score (nSPS) is 29.0. The molecule has 0 radical (unpaired) electrons. The highest BCUT2D eigenvalue weighted by atomic mass is 16.6. The SMILES string of the molecule is CC(C)(C)OC(=O)C1CCN(C2CC(CCO)C2)CC1. The Bertz CT molecular complexity index is 323. The third-order valence-electron chi connectivity index (χ3n) is 4.53. The van der Waals surface area contributed by atoms with Gasteiger partial charge in [-0.1, -0.05) is 0 Å². The topological polar surface area (TPSA) is 49.8 Å². The monoisotopic (exact) mass is 283 g/mol. The first-order chi connectivity index (χ1) is 9.39. The smallest absolute Gasteiger partial charge is 0.309 e. The van der Waals surface area contributed by atoms with Crippen molar-refractivity contribution in [3.05, 3.63) is 0 Å². The van der Waals surface area contributed by atoms with E-state index in [9.17, 15) is 4.79 Å². The van der Waals surface area contributed by atoms with E-state index in [0.29, 0.717) is 18.6 Å². The van der Waals surface area contributed by atoms with Crippen LogP contribution in [0.5, 0.6) is 0 Å². The molecule has 116 valence electrons. The van der Waals surface area contributed by atoms with Crippen LogP contribution in [-0.4, -0.2) is 47.3 Å². The van der Waals surface area contributed by atoms with Gasteiger partial charge in [0.15, 0.2) is 0 Å². The summed E-state index contributed by atoms with van der Waals surface area (Å²) in [7, 11) is 0. The molecule has 4 heteroatoms. The van der Waals surface area contributed by atoms with E-state index in [2.05, 4.69) is 4.90 Å². The molecule has 4 nitrogen and oxygen atoms in total. The lowest BCUT2D eigenvalue weighted by atomic mass is 9.76. The Hall–Kier alpha value is -0.610. The number of nitrogens with zero attached hydrogens (tertiary/aromatic N) is 1. The second kappa shape index (κ2) is 6.44. The average molecular weight is 283 g/mol. The molecule has 0 aromatic heterocycles. The van der Waals surface area contributed by atoms with Gasteiger partial charge in [-0.15, -0.1) is 0 Å². The largest absolute Gasteiger partial charge is 0.460 e. The van der Waals surface area contributed by atoms with E-state index in [1.54, 1.807) is 0 Å². The van der Waals surface area contributed by atoms with Gasteiger partial charge in [0.1, 0.15) is 5.60 Å². The molecule has 2 rings (SSSR count). The maximum absolute atomic E-state index is 12.0. The van der Waals surface area contributed by atoms with Gasteiger partial charge in [0.2, 0.25) is 0 Å². The minimum atomic E-state index is -0.375. The lowest BCUT2D eigenvalue weighted by molar-refractivity contribution is -0.162. The molecule has 0 amide bonds. The fourth-order valence-corrected chi connectivity index (χ4v) is 3.30. The Balaban J connectivity index is 1.69. The molecular weight excluding hydrogens is 254 g/mol. The Morgan fingerprint density at radius 1 is 1.25 bits per heavy atom. The van der Waals surface area contributed by atoms with Crippen LogP contribution in [0, 0.1) is 11.8 Å². The van der Waals surface area contributed by atoms with E-state index < -0.39 is 0 Å². The summed E-state index contributed by atoms with van der Waals surface area (Å²) >= 11 is 0. The van der Waals surface area contributed by atoms with Gasteiger partial charge in [0.05, 0.1) is 5.92 Å². The standard InChI is InChI=1S/C16H29NO3/c1-16(2,3)20-15(19)13-4-7-17(8-5-13)14-10-12(11-14)6-9-18/h12-14,18H,4-11H2,1-3H3. The molecule has 0 unspecified atom stereocenters. The number of rotatable bonds is 4. The molecule has 1 saturated carbocycles.